The first-order valence-corrected chi connectivity index (χ1v) is 6.99. The van der Waals surface area contributed by atoms with Crippen molar-refractivity contribution in [3.8, 4) is 5.75 Å². The molecule has 2 rings (SSSR count). The van der Waals surface area contributed by atoms with Crippen LogP contribution in [-0.4, -0.2) is 22.5 Å². The summed E-state index contributed by atoms with van der Waals surface area (Å²) in [5.74, 6) is 0.128. The van der Waals surface area contributed by atoms with Crippen molar-refractivity contribution < 1.29 is 9.90 Å². The van der Waals surface area contributed by atoms with E-state index in [1.807, 2.05) is 37.3 Å². The molecule has 3 N–H and O–H groups in total. The van der Waals surface area contributed by atoms with Crippen molar-refractivity contribution >= 4 is 11.6 Å². The molecule has 0 aliphatic carbocycles. The highest BCUT2D eigenvalue weighted by Gasteiger charge is 2.15. The Bertz CT molecular complexity index is 626. The monoisotopic (exact) mass is 284 g/mol. The Labute approximate surface area is 124 Å². The quantitative estimate of drug-likeness (QED) is 0.829. The van der Waals surface area contributed by atoms with Gasteiger partial charge in [0.2, 0.25) is 5.91 Å². The molecule has 4 heteroatoms. The van der Waals surface area contributed by atoms with Crippen LogP contribution in [0.2, 0.25) is 0 Å². The second-order valence-corrected chi connectivity index (χ2v) is 4.91. The van der Waals surface area contributed by atoms with E-state index in [-0.39, 0.29) is 18.1 Å². The fraction of sp³-hybridized carbons (Fsp3) is 0.235. The Balaban J connectivity index is 2.09. The van der Waals surface area contributed by atoms with Gasteiger partial charge in [0.25, 0.3) is 0 Å². The van der Waals surface area contributed by atoms with Crippen LogP contribution in [0, 0.1) is 0 Å². The molecule has 4 nitrogen and oxygen atoms in total. The van der Waals surface area contributed by atoms with Crippen LogP contribution in [0.4, 0.5) is 5.69 Å². The summed E-state index contributed by atoms with van der Waals surface area (Å²) in [6.07, 6.45) is 0.188. The lowest BCUT2D eigenvalue weighted by atomic mass is 10.1. The van der Waals surface area contributed by atoms with Crippen molar-refractivity contribution in [2.45, 2.75) is 19.9 Å². The number of aromatic hydroxyl groups is 1. The molecule has 0 saturated heterocycles. The number of hydrogen-bond donors (Lipinski definition) is 2. The van der Waals surface area contributed by atoms with Crippen molar-refractivity contribution in [3.63, 3.8) is 0 Å². The molecular formula is C17H20N2O2. The number of nitrogens with two attached hydrogens (primary N) is 1. The van der Waals surface area contributed by atoms with E-state index in [1.165, 1.54) is 0 Å². The van der Waals surface area contributed by atoms with Gasteiger partial charge in [0.15, 0.2) is 0 Å². The van der Waals surface area contributed by atoms with Crippen molar-refractivity contribution in [1.82, 2.24) is 4.90 Å². The van der Waals surface area contributed by atoms with E-state index in [0.29, 0.717) is 24.3 Å². The third-order valence-corrected chi connectivity index (χ3v) is 3.48. The molecule has 0 fully saturated rings. The predicted molar refractivity (Wildman–Crippen MR) is 83.8 cm³/mol. The van der Waals surface area contributed by atoms with Crippen LogP contribution in [-0.2, 0) is 17.8 Å². The summed E-state index contributed by atoms with van der Waals surface area (Å²) in [6, 6.07) is 14.4. The summed E-state index contributed by atoms with van der Waals surface area (Å²) in [7, 11) is 0. The van der Waals surface area contributed by atoms with E-state index in [9.17, 15) is 9.90 Å². The Morgan fingerprint density at radius 3 is 2.33 bits per heavy atom. The van der Waals surface area contributed by atoms with Crippen LogP contribution >= 0.6 is 0 Å². The highest BCUT2D eigenvalue weighted by molar-refractivity contribution is 5.79. The van der Waals surface area contributed by atoms with E-state index in [0.717, 1.165) is 5.56 Å². The average molecular weight is 284 g/mol. The highest BCUT2D eigenvalue weighted by Crippen LogP contribution is 2.18. The van der Waals surface area contributed by atoms with Crippen molar-refractivity contribution in [1.29, 1.82) is 0 Å². The van der Waals surface area contributed by atoms with Gasteiger partial charge in [0.05, 0.1) is 6.42 Å². The molecule has 2 aromatic rings. The van der Waals surface area contributed by atoms with Crippen LogP contribution < -0.4 is 5.73 Å². The van der Waals surface area contributed by atoms with E-state index >= 15 is 0 Å². The van der Waals surface area contributed by atoms with Gasteiger partial charge in [-0.1, -0.05) is 36.4 Å². The summed E-state index contributed by atoms with van der Waals surface area (Å²) in [5, 5.41) is 9.76. The SMILES string of the molecule is CCN(Cc1ccccc1N)C(=O)Cc1ccccc1O. The number of carbonyl (C=O) groups is 1. The molecule has 0 heterocycles. The summed E-state index contributed by atoms with van der Waals surface area (Å²) in [6.45, 7) is 3.01. The van der Waals surface area contributed by atoms with Gasteiger partial charge in [0.1, 0.15) is 5.75 Å². The molecule has 1 amide bonds. The van der Waals surface area contributed by atoms with Gasteiger partial charge in [-0.25, -0.2) is 0 Å². The van der Waals surface area contributed by atoms with Crippen molar-refractivity contribution in [2.24, 2.45) is 0 Å². The smallest absolute Gasteiger partial charge is 0.227 e. The van der Waals surface area contributed by atoms with Gasteiger partial charge in [0, 0.05) is 24.3 Å². The van der Waals surface area contributed by atoms with E-state index < -0.39 is 0 Å². The summed E-state index contributed by atoms with van der Waals surface area (Å²) < 4.78 is 0. The fourth-order valence-electron chi connectivity index (χ4n) is 2.20. The number of rotatable bonds is 5. The maximum absolute atomic E-state index is 12.4. The molecule has 0 bridgehead atoms. The van der Waals surface area contributed by atoms with E-state index in [2.05, 4.69) is 0 Å². The van der Waals surface area contributed by atoms with Crippen molar-refractivity contribution in [3.05, 3.63) is 59.7 Å². The minimum atomic E-state index is -0.0257. The molecule has 21 heavy (non-hydrogen) atoms. The zero-order valence-corrected chi connectivity index (χ0v) is 12.1. The molecular weight excluding hydrogens is 264 g/mol. The van der Waals surface area contributed by atoms with Crippen LogP contribution in [0.25, 0.3) is 0 Å². The maximum Gasteiger partial charge on any atom is 0.227 e. The lowest BCUT2D eigenvalue weighted by molar-refractivity contribution is -0.130. The number of anilines is 1. The lowest BCUT2D eigenvalue weighted by Gasteiger charge is -2.22. The number of para-hydroxylation sites is 2. The van der Waals surface area contributed by atoms with Crippen LogP contribution in [0.3, 0.4) is 0 Å². The molecule has 0 spiro atoms. The third-order valence-electron chi connectivity index (χ3n) is 3.48. The van der Waals surface area contributed by atoms with Crippen LogP contribution in [0.1, 0.15) is 18.1 Å². The molecule has 0 aliphatic rings. The predicted octanol–water partition coefficient (Wildman–Crippen LogP) is 2.57. The summed E-state index contributed by atoms with van der Waals surface area (Å²) >= 11 is 0. The van der Waals surface area contributed by atoms with E-state index in [4.69, 9.17) is 5.73 Å². The first kappa shape index (κ1) is 14.9. The zero-order chi connectivity index (χ0) is 15.2. The van der Waals surface area contributed by atoms with Gasteiger partial charge in [-0.05, 0) is 24.6 Å². The number of amides is 1. The number of carbonyl (C=O) groups excluding carboxylic acids is 1. The zero-order valence-electron chi connectivity index (χ0n) is 12.1. The summed E-state index contributed by atoms with van der Waals surface area (Å²) in [5.41, 5.74) is 8.18. The number of hydrogen-bond acceptors (Lipinski definition) is 3. The standard InChI is InChI=1S/C17H20N2O2/c1-2-19(12-14-8-3-5-9-15(14)18)17(21)11-13-7-4-6-10-16(13)20/h3-10,20H,2,11-12,18H2,1H3. The number of benzene rings is 2. The molecule has 0 radical (unpaired) electrons. The number of phenols is 1. The third kappa shape index (κ3) is 3.75. The number of nitrogens with zero attached hydrogens (tertiary/aromatic N) is 1. The topological polar surface area (TPSA) is 66.6 Å². The van der Waals surface area contributed by atoms with Gasteiger partial charge in [-0.3, -0.25) is 4.79 Å². The second kappa shape index (κ2) is 6.79. The number of phenolic OH excluding ortho intramolecular Hbond substituents is 1. The normalized spacial score (nSPS) is 10.3. The maximum atomic E-state index is 12.4. The fourth-order valence-corrected chi connectivity index (χ4v) is 2.20. The van der Waals surface area contributed by atoms with Crippen LogP contribution in [0.15, 0.2) is 48.5 Å². The Morgan fingerprint density at radius 1 is 1.10 bits per heavy atom. The first-order chi connectivity index (χ1) is 10.1. The van der Waals surface area contributed by atoms with E-state index in [1.54, 1.807) is 23.1 Å². The van der Waals surface area contributed by atoms with Crippen LogP contribution in [0.5, 0.6) is 5.75 Å². The van der Waals surface area contributed by atoms with Gasteiger partial charge in [-0.15, -0.1) is 0 Å². The lowest BCUT2D eigenvalue weighted by Crippen LogP contribution is -2.31. The first-order valence-electron chi connectivity index (χ1n) is 6.99. The molecule has 2 aromatic carbocycles. The largest absolute Gasteiger partial charge is 0.508 e. The van der Waals surface area contributed by atoms with Crippen molar-refractivity contribution in [2.75, 3.05) is 12.3 Å². The second-order valence-electron chi connectivity index (χ2n) is 4.91. The minimum Gasteiger partial charge on any atom is -0.508 e. The Kier molecular flexibility index (Phi) is 4.82. The highest BCUT2D eigenvalue weighted by atomic mass is 16.3. The van der Waals surface area contributed by atoms with Gasteiger partial charge < -0.3 is 15.7 Å². The Hall–Kier alpha value is -2.49. The van der Waals surface area contributed by atoms with Gasteiger partial charge >= 0.3 is 0 Å². The molecule has 0 aliphatic heterocycles. The van der Waals surface area contributed by atoms with Gasteiger partial charge in [-0.2, -0.15) is 0 Å². The minimum absolute atomic E-state index is 0.0257. The summed E-state index contributed by atoms with van der Waals surface area (Å²) in [4.78, 5) is 14.1. The molecule has 0 saturated carbocycles. The number of nitrogen functional groups attached to an aromatic ring is 1. The number of likely N-dealkylation sites (N-methyl/N-ethyl adjacent to an activating group) is 1. The molecule has 110 valence electrons. The average Bonchev–Trinajstić information content (AvgIpc) is 2.48. The Morgan fingerprint density at radius 2 is 1.71 bits per heavy atom. The molecule has 0 atom stereocenters. The molecule has 0 aromatic heterocycles. The molecule has 0 unspecified atom stereocenters.